The fourth-order valence-electron chi connectivity index (χ4n) is 3.58. The van der Waals surface area contributed by atoms with Gasteiger partial charge >= 0.3 is 0 Å². The first-order valence-electron chi connectivity index (χ1n) is 9.53. The Morgan fingerprint density at radius 3 is 2.47 bits per heavy atom. The number of hydrogen-bond acceptors (Lipinski definition) is 7. The average molecular weight is 431 g/mol. The molecule has 1 atom stereocenters. The molecule has 2 aromatic carbocycles. The van der Waals surface area contributed by atoms with Crippen LogP contribution in [0.4, 0.5) is 11.4 Å². The van der Waals surface area contributed by atoms with E-state index < -0.39 is 28.4 Å². The molecule has 32 heavy (non-hydrogen) atoms. The zero-order chi connectivity index (χ0) is 22.8. The minimum absolute atomic E-state index is 0.0489. The highest BCUT2D eigenvalue weighted by molar-refractivity contribution is 6.51. The van der Waals surface area contributed by atoms with Crippen molar-refractivity contribution in [3.05, 3.63) is 99.9 Å². The van der Waals surface area contributed by atoms with Gasteiger partial charge in [-0.15, -0.1) is 0 Å². The molecule has 1 N–H and O–H groups in total. The first kappa shape index (κ1) is 20.7. The maximum Gasteiger partial charge on any atom is 0.300 e. The van der Waals surface area contributed by atoms with Crippen LogP contribution in [0.25, 0.3) is 5.76 Å². The van der Waals surface area contributed by atoms with Crippen LogP contribution in [0.1, 0.15) is 17.3 Å². The second-order valence-corrected chi connectivity index (χ2v) is 6.93. The van der Waals surface area contributed by atoms with Crippen molar-refractivity contribution in [3.8, 4) is 5.75 Å². The Morgan fingerprint density at radius 1 is 1.09 bits per heavy atom. The van der Waals surface area contributed by atoms with Gasteiger partial charge in [-0.05, 0) is 36.4 Å². The summed E-state index contributed by atoms with van der Waals surface area (Å²) in [5, 5.41) is 22.1. The summed E-state index contributed by atoms with van der Waals surface area (Å²) in [6, 6.07) is 15.7. The van der Waals surface area contributed by atoms with E-state index in [-0.39, 0.29) is 16.8 Å². The lowest BCUT2D eigenvalue weighted by atomic mass is 9.98. The van der Waals surface area contributed by atoms with Crippen LogP contribution in [0, 0.1) is 10.1 Å². The molecule has 3 aromatic rings. The van der Waals surface area contributed by atoms with Crippen molar-refractivity contribution in [3.63, 3.8) is 0 Å². The van der Waals surface area contributed by atoms with E-state index in [1.807, 2.05) is 0 Å². The van der Waals surface area contributed by atoms with E-state index in [2.05, 4.69) is 4.98 Å². The number of benzene rings is 2. The van der Waals surface area contributed by atoms with Crippen LogP contribution < -0.4 is 9.64 Å². The summed E-state index contributed by atoms with van der Waals surface area (Å²) in [5.41, 5.74) is 0.349. The molecular weight excluding hydrogens is 414 g/mol. The monoisotopic (exact) mass is 431 g/mol. The third-order valence-electron chi connectivity index (χ3n) is 5.09. The van der Waals surface area contributed by atoms with E-state index in [1.165, 1.54) is 36.4 Å². The number of ketones is 1. The number of hydrogen-bond donors (Lipinski definition) is 1. The minimum Gasteiger partial charge on any atom is -0.507 e. The van der Waals surface area contributed by atoms with Crippen LogP contribution in [0.3, 0.4) is 0 Å². The van der Waals surface area contributed by atoms with E-state index in [4.69, 9.17) is 4.74 Å². The SMILES string of the molecule is COc1ccc(N2C(=O)C(=O)/C(=C(\O)c3cccc([N+](=O)[O-])c3)C2c2ccccn2)cc1. The molecule has 1 fully saturated rings. The zero-order valence-electron chi connectivity index (χ0n) is 16.8. The number of pyridine rings is 1. The summed E-state index contributed by atoms with van der Waals surface area (Å²) >= 11 is 0. The molecule has 1 aromatic heterocycles. The molecule has 9 heteroatoms. The van der Waals surface area contributed by atoms with E-state index in [0.29, 0.717) is 17.1 Å². The Hall–Kier alpha value is -4.53. The van der Waals surface area contributed by atoms with Gasteiger partial charge in [0, 0.05) is 29.6 Å². The van der Waals surface area contributed by atoms with Crippen LogP contribution in [0.5, 0.6) is 5.75 Å². The molecule has 4 rings (SSSR count). The Morgan fingerprint density at radius 2 is 1.84 bits per heavy atom. The van der Waals surface area contributed by atoms with Gasteiger partial charge in [-0.25, -0.2) is 0 Å². The summed E-state index contributed by atoms with van der Waals surface area (Å²) < 4.78 is 5.15. The van der Waals surface area contributed by atoms with Gasteiger partial charge in [0.05, 0.1) is 23.3 Å². The van der Waals surface area contributed by atoms with Crippen LogP contribution in [0.15, 0.2) is 78.5 Å². The van der Waals surface area contributed by atoms with Gasteiger partial charge in [-0.1, -0.05) is 18.2 Å². The van der Waals surface area contributed by atoms with Crippen molar-refractivity contribution < 1.29 is 24.4 Å². The largest absolute Gasteiger partial charge is 0.507 e. The van der Waals surface area contributed by atoms with Gasteiger partial charge in [0.25, 0.3) is 17.4 Å². The first-order chi connectivity index (χ1) is 15.4. The Labute approximate surface area is 182 Å². The molecule has 1 aliphatic rings. The number of anilines is 1. The number of methoxy groups -OCH3 is 1. The standard InChI is InChI=1S/C23H17N3O6/c1-32-17-10-8-15(9-11-17)25-20(18-7-2-3-12-24-18)19(22(28)23(25)29)21(27)14-5-4-6-16(13-14)26(30)31/h2-13,20,27H,1H3/b21-19-. The predicted molar refractivity (Wildman–Crippen MR) is 115 cm³/mol. The second-order valence-electron chi connectivity index (χ2n) is 6.93. The number of rotatable bonds is 5. The number of aliphatic hydroxyl groups is 1. The smallest absolute Gasteiger partial charge is 0.300 e. The number of nitro groups is 1. The van der Waals surface area contributed by atoms with Crippen molar-refractivity contribution in [1.82, 2.24) is 4.98 Å². The van der Waals surface area contributed by atoms with Crippen LogP contribution in [-0.2, 0) is 9.59 Å². The summed E-state index contributed by atoms with van der Waals surface area (Å²) in [5.74, 6) is -1.71. The molecule has 0 saturated carbocycles. The zero-order valence-corrected chi connectivity index (χ0v) is 16.8. The number of nitrogens with zero attached hydrogens (tertiary/aromatic N) is 3. The first-order valence-corrected chi connectivity index (χ1v) is 9.53. The Balaban J connectivity index is 1.91. The summed E-state index contributed by atoms with van der Waals surface area (Å²) in [4.78, 5) is 42.1. The maximum atomic E-state index is 13.0. The molecule has 1 aliphatic heterocycles. The fraction of sp³-hybridized carbons (Fsp3) is 0.0870. The lowest BCUT2D eigenvalue weighted by molar-refractivity contribution is -0.384. The van der Waals surface area contributed by atoms with E-state index in [0.717, 1.165) is 6.07 Å². The quantitative estimate of drug-likeness (QED) is 0.215. The summed E-state index contributed by atoms with van der Waals surface area (Å²) in [6.45, 7) is 0. The summed E-state index contributed by atoms with van der Waals surface area (Å²) in [7, 11) is 1.51. The van der Waals surface area contributed by atoms with Crippen molar-refractivity contribution in [2.75, 3.05) is 12.0 Å². The number of carbonyl (C=O) groups is 2. The average Bonchev–Trinajstić information content (AvgIpc) is 3.09. The predicted octanol–water partition coefficient (Wildman–Crippen LogP) is 3.62. The highest BCUT2D eigenvalue weighted by atomic mass is 16.6. The summed E-state index contributed by atoms with van der Waals surface area (Å²) in [6.07, 6.45) is 1.51. The number of non-ortho nitro benzene ring substituents is 1. The minimum atomic E-state index is -1.02. The molecule has 1 unspecified atom stereocenters. The number of carbonyl (C=O) groups excluding carboxylic acids is 2. The Kier molecular flexibility index (Phi) is 5.38. The van der Waals surface area contributed by atoms with Crippen LogP contribution >= 0.6 is 0 Å². The van der Waals surface area contributed by atoms with Crippen molar-refractivity contribution in [2.24, 2.45) is 0 Å². The van der Waals surface area contributed by atoms with Crippen molar-refractivity contribution in [2.45, 2.75) is 6.04 Å². The highest BCUT2D eigenvalue weighted by Gasteiger charge is 2.47. The molecule has 1 saturated heterocycles. The van der Waals surface area contributed by atoms with Crippen molar-refractivity contribution >= 4 is 28.8 Å². The van der Waals surface area contributed by atoms with Gasteiger partial charge in [0.15, 0.2) is 0 Å². The second kappa shape index (κ2) is 8.31. The molecule has 2 heterocycles. The van der Waals surface area contributed by atoms with Gasteiger partial charge in [0.2, 0.25) is 0 Å². The maximum absolute atomic E-state index is 13.0. The van der Waals surface area contributed by atoms with Crippen molar-refractivity contribution in [1.29, 1.82) is 0 Å². The van der Waals surface area contributed by atoms with Gasteiger partial charge < -0.3 is 9.84 Å². The van der Waals surface area contributed by atoms with Gasteiger partial charge in [-0.3, -0.25) is 29.6 Å². The number of aliphatic hydroxyl groups excluding tert-OH is 1. The molecule has 9 nitrogen and oxygen atoms in total. The number of aromatic nitrogens is 1. The van der Waals surface area contributed by atoms with Gasteiger partial charge in [-0.2, -0.15) is 0 Å². The third-order valence-corrected chi connectivity index (χ3v) is 5.09. The fourth-order valence-corrected chi connectivity index (χ4v) is 3.58. The lowest BCUT2D eigenvalue weighted by Gasteiger charge is -2.24. The molecule has 0 aliphatic carbocycles. The number of Topliss-reactive ketones (excluding diaryl/α,β-unsaturated/α-hetero) is 1. The third kappa shape index (κ3) is 3.56. The molecular formula is C23H17N3O6. The van der Waals surface area contributed by atoms with Crippen LogP contribution in [0.2, 0.25) is 0 Å². The van der Waals surface area contributed by atoms with Gasteiger partial charge in [0.1, 0.15) is 17.6 Å². The molecule has 0 bridgehead atoms. The van der Waals surface area contributed by atoms with Crippen LogP contribution in [-0.4, -0.2) is 33.8 Å². The number of ether oxygens (including phenoxy) is 1. The molecule has 160 valence electrons. The molecule has 0 spiro atoms. The van der Waals surface area contributed by atoms with E-state index in [1.54, 1.807) is 42.5 Å². The van der Waals surface area contributed by atoms with E-state index in [9.17, 15) is 24.8 Å². The van der Waals surface area contributed by atoms with E-state index >= 15 is 0 Å². The molecule has 0 radical (unpaired) electrons. The lowest BCUT2D eigenvalue weighted by Crippen LogP contribution is -2.29. The Bertz CT molecular complexity index is 1240. The molecule has 1 amide bonds. The number of amides is 1. The normalized spacial score (nSPS) is 17.4. The highest BCUT2D eigenvalue weighted by Crippen LogP contribution is 2.41. The topological polar surface area (TPSA) is 123 Å². The number of nitro benzene ring substituents is 1.